The number of halogens is 2. The van der Waals surface area contributed by atoms with Gasteiger partial charge in [0.25, 0.3) is 0 Å². The van der Waals surface area contributed by atoms with Gasteiger partial charge in [0.05, 0.1) is 31.5 Å². The van der Waals surface area contributed by atoms with E-state index in [-0.39, 0.29) is 41.9 Å². The van der Waals surface area contributed by atoms with Crippen molar-refractivity contribution in [1.82, 2.24) is 10.6 Å². The molecule has 2 rings (SSSR count). The zero-order chi connectivity index (χ0) is 20.4. The first-order valence-electron chi connectivity index (χ1n) is 10.3. The Kier molecular flexibility index (Phi) is 12.5. The quantitative estimate of drug-likeness (QED) is 0.280. The molecule has 1 aromatic carbocycles. The number of nitrogens with zero attached hydrogens (tertiary/aromatic N) is 2. The Morgan fingerprint density at radius 1 is 1.34 bits per heavy atom. The van der Waals surface area contributed by atoms with Crippen molar-refractivity contribution in [3.05, 3.63) is 29.6 Å². The van der Waals surface area contributed by atoms with E-state index < -0.39 is 0 Å². The molecule has 2 N–H and O–H groups in total. The third kappa shape index (κ3) is 8.64. The van der Waals surface area contributed by atoms with Gasteiger partial charge in [-0.2, -0.15) is 0 Å². The summed E-state index contributed by atoms with van der Waals surface area (Å²) in [6.45, 7) is 12.9. The van der Waals surface area contributed by atoms with Crippen LogP contribution in [0.25, 0.3) is 0 Å². The summed E-state index contributed by atoms with van der Waals surface area (Å²) in [5.41, 5.74) is 1.49. The first-order chi connectivity index (χ1) is 13.6. The molecule has 0 saturated carbocycles. The fourth-order valence-corrected chi connectivity index (χ4v) is 3.16. The van der Waals surface area contributed by atoms with E-state index in [0.29, 0.717) is 31.4 Å². The molecule has 166 valence electrons. The van der Waals surface area contributed by atoms with Crippen LogP contribution in [0.5, 0.6) is 0 Å². The molecule has 6 nitrogen and oxygen atoms in total. The lowest BCUT2D eigenvalue weighted by Gasteiger charge is -2.22. The van der Waals surface area contributed by atoms with E-state index in [1.54, 1.807) is 6.07 Å². The molecule has 2 unspecified atom stereocenters. The molecule has 0 aromatic heterocycles. The summed E-state index contributed by atoms with van der Waals surface area (Å²) in [5, 5.41) is 6.58. The third-order valence-corrected chi connectivity index (χ3v) is 4.73. The van der Waals surface area contributed by atoms with Crippen LogP contribution in [0.1, 0.15) is 39.7 Å². The standard InChI is InChI=1S/C21H35FN4O2.HI/c1-5-23-21(25-16(4)14-28-18-10-11-27-15-18)24-13-17-8-9-20(19(22)12-17)26(6-2)7-3;/h8-9,12,16,18H,5-7,10-11,13-15H2,1-4H3,(H2,23,24,25);1H. The molecule has 29 heavy (non-hydrogen) atoms. The summed E-state index contributed by atoms with van der Waals surface area (Å²) in [4.78, 5) is 6.60. The Balaban J connectivity index is 0.00000420. The van der Waals surface area contributed by atoms with Crippen molar-refractivity contribution >= 4 is 35.6 Å². The minimum absolute atomic E-state index is 0. The number of anilines is 1. The second-order valence-corrected chi connectivity index (χ2v) is 7.02. The van der Waals surface area contributed by atoms with Gasteiger partial charge in [0, 0.05) is 32.3 Å². The van der Waals surface area contributed by atoms with E-state index in [1.165, 1.54) is 0 Å². The number of hydrogen-bond donors (Lipinski definition) is 2. The maximum atomic E-state index is 14.5. The Labute approximate surface area is 191 Å². The molecule has 1 aliphatic heterocycles. The fraction of sp³-hybridized carbons (Fsp3) is 0.667. The molecule has 1 saturated heterocycles. The second-order valence-electron chi connectivity index (χ2n) is 7.02. The van der Waals surface area contributed by atoms with Crippen LogP contribution in [-0.4, -0.2) is 57.6 Å². The molecule has 1 aliphatic rings. The van der Waals surface area contributed by atoms with Crippen molar-refractivity contribution in [1.29, 1.82) is 0 Å². The lowest BCUT2D eigenvalue weighted by Crippen LogP contribution is -2.44. The average Bonchev–Trinajstić information content (AvgIpc) is 3.20. The summed E-state index contributed by atoms with van der Waals surface area (Å²) in [6.07, 6.45) is 1.15. The molecule has 0 bridgehead atoms. The van der Waals surface area contributed by atoms with Crippen molar-refractivity contribution in [3.8, 4) is 0 Å². The van der Waals surface area contributed by atoms with Gasteiger partial charge in [-0.3, -0.25) is 0 Å². The average molecular weight is 522 g/mol. The minimum atomic E-state index is -0.199. The fourth-order valence-electron chi connectivity index (χ4n) is 3.16. The summed E-state index contributed by atoms with van der Waals surface area (Å²) >= 11 is 0. The molecule has 0 aliphatic carbocycles. The van der Waals surface area contributed by atoms with Crippen LogP contribution in [0.3, 0.4) is 0 Å². The van der Waals surface area contributed by atoms with Gasteiger partial charge in [0.1, 0.15) is 5.82 Å². The van der Waals surface area contributed by atoms with Crippen molar-refractivity contribution in [2.75, 3.05) is 44.4 Å². The van der Waals surface area contributed by atoms with E-state index >= 15 is 0 Å². The second kappa shape index (κ2) is 14.0. The molecular formula is C21H36FIN4O2. The van der Waals surface area contributed by atoms with E-state index in [0.717, 1.165) is 38.2 Å². The summed E-state index contributed by atoms with van der Waals surface area (Å²) in [5.74, 6) is 0.504. The maximum Gasteiger partial charge on any atom is 0.191 e. The smallest absolute Gasteiger partial charge is 0.191 e. The van der Waals surface area contributed by atoms with Crippen molar-refractivity contribution < 1.29 is 13.9 Å². The largest absolute Gasteiger partial charge is 0.379 e. The molecule has 1 aromatic rings. The molecular weight excluding hydrogens is 486 g/mol. The van der Waals surface area contributed by atoms with Crippen LogP contribution in [0, 0.1) is 5.82 Å². The van der Waals surface area contributed by atoms with Crippen molar-refractivity contribution in [2.45, 2.75) is 52.8 Å². The molecule has 8 heteroatoms. The van der Waals surface area contributed by atoms with Gasteiger partial charge in [-0.25, -0.2) is 9.38 Å². The molecule has 0 amide bonds. The monoisotopic (exact) mass is 522 g/mol. The number of nitrogens with one attached hydrogen (secondary N) is 2. The van der Waals surface area contributed by atoms with Crippen LogP contribution < -0.4 is 15.5 Å². The first-order valence-corrected chi connectivity index (χ1v) is 10.3. The summed E-state index contributed by atoms with van der Waals surface area (Å²) in [6, 6.07) is 5.47. The lowest BCUT2D eigenvalue weighted by atomic mass is 10.2. The maximum absolute atomic E-state index is 14.5. The third-order valence-electron chi connectivity index (χ3n) is 4.73. The predicted octanol–water partition coefficient (Wildman–Crippen LogP) is 3.54. The topological polar surface area (TPSA) is 58.1 Å². The normalized spacial score (nSPS) is 17.6. The minimum Gasteiger partial charge on any atom is -0.379 e. The molecule has 0 spiro atoms. The van der Waals surface area contributed by atoms with Crippen LogP contribution in [-0.2, 0) is 16.0 Å². The SMILES string of the molecule is CCNC(=NCc1ccc(N(CC)CC)c(F)c1)NC(C)COC1CCOC1.I. The van der Waals surface area contributed by atoms with E-state index in [9.17, 15) is 4.39 Å². The Morgan fingerprint density at radius 3 is 2.69 bits per heavy atom. The van der Waals surface area contributed by atoms with E-state index in [2.05, 4.69) is 22.5 Å². The molecule has 1 heterocycles. The van der Waals surface area contributed by atoms with Crippen molar-refractivity contribution in [3.63, 3.8) is 0 Å². The van der Waals surface area contributed by atoms with Gasteiger partial charge in [0.15, 0.2) is 5.96 Å². The molecule has 2 atom stereocenters. The lowest BCUT2D eigenvalue weighted by molar-refractivity contribution is 0.0347. The first kappa shape index (κ1) is 25.9. The van der Waals surface area contributed by atoms with E-state index in [1.807, 2.05) is 37.8 Å². The predicted molar refractivity (Wildman–Crippen MR) is 128 cm³/mol. The zero-order valence-corrected chi connectivity index (χ0v) is 20.4. The van der Waals surface area contributed by atoms with Gasteiger partial charge in [-0.1, -0.05) is 6.07 Å². The van der Waals surface area contributed by atoms with Crippen LogP contribution in [0.2, 0.25) is 0 Å². The highest BCUT2D eigenvalue weighted by Gasteiger charge is 2.17. The number of hydrogen-bond acceptors (Lipinski definition) is 4. The highest BCUT2D eigenvalue weighted by atomic mass is 127. The Bertz CT molecular complexity index is 623. The summed E-state index contributed by atoms with van der Waals surface area (Å²) in [7, 11) is 0. The van der Waals surface area contributed by atoms with Gasteiger partial charge in [0.2, 0.25) is 0 Å². The number of rotatable bonds is 10. The number of benzene rings is 1. The van der Waals surface area contributed by atoms with Crippen molar-refractivity contribution in [2.24, 2.45) is 4.99 Å². The number of guanidine groups is 1. The molecule has 1 fully saturated rings. The van der Waals surface area contributed by atoms with Gasteiger partial charge < -0.3 is 25.0 Å². The number of ether oxygens (including phenoxy) is 2. The number of aliphatic imine (C=N–C) groups is 1. The zero-order valence-electron chi connectivity index (χ0n) is 18.0. The highest BCUT2D eigenvalue weighted by Crippen LogP contribution is 2.20. The Hall–Kier alpha value is -1.13. The van der Waals surface area contributed by atoms with Gasteiger partial charge in [-0.15, -0.1) is 24.0 Å². The molecule has 0 radical (unpaired) electrons. The van der Waals surface area contributed by atoms with Crippen LogP contribution in [0.15, 0.2) is 23.2 Å². The van der Waals surface area contributed by atoms with Gasteiger partial charge in [-0.05, 0) is 51.8 Å². The summed E-state index contributed by atoms with van der Waals surface area (Å²) < 4.78 is 25.6. The van der Waals surface area contributed by atoms with Crippen LogP contribution in [0.4, 0.5) is 10.1 Å². The van der Waals surface area contributed by atoms with Gasteiger partial charge >= 0.3 is 0 Å². The Morgan fingerprint density at radius 2 is 2.10 bits per heavy atom. The highest BCUT2D eigenvalue weighted by molar-refractivity contribution is 14.0. The van der Waals surface area contributed by atoms with Crippen LogP contribution >= 0.6 is 24.0 Å². The van der Waals surface area contributed by atoms with E-state index in [4.69, 9.17) is 9.47 Å².